The van der Waals surface area contributed by atoms with Crippen LogP contribution in [0.1, 0.15) is 21.6 Å². The molecule has 0 fully saturated rings. The van der Waals surface area contributed by atoms with Crippen molar-refractivity contribution in [3.8, 4) is 0 Å². The zero-order chi connectivity index (χ0) is 18.0. The first-order chi connectivity index (χ1) is 11.8. The molecule has 0 atom stereocenters. The summed E-state index contributed by atoms with van der Waals surface area (Å²) in [7, 11) is 0. The number of hydrogen-bond donors (Lipinski definition) is 1. The summed E-state index contributed by atoms with van der Waals surface area (Å²) in [6.07, 6.45) is -1.48. The molecule has 0 saturated carbocycles. The largest absolute Gasteiger partial charge is 0.417 e. The van der Waals surface area contributed by atoms with Crippen LogP contribution in [-0.4, -0.2) is 21.8 Å². The summed E-state index contributed by atoms with van der Waals surface area (Å²) in [4.78, 5) is 16.2. The second-order valence-electron chi connectivity index (χ2n) is 5.43. The molecule has 130 valence electrons. The molecule has 1 aromatic carbocycles. The highest BCUT2D eigenvalue weighted by atomic mass is 35.5. The molecule has 0 unspecified atom stereocenters. The fraction of sp³-hybridized carbons (Fsp3) is 0.176. The molecule has 0 aliphatic carbocycles. The van der Waals surface area contributed by atoms with E-state index in [0.29, 0.717) is 34.9 Å². The molecule has 3 rings (SSSR count). The van der Waals surface area contributed by atoms with E-state index in [1.165, 1.54) is 16.7 Å². The van der Waals surface area contributed by atoms with Crippen LogP contribution in [0.2, 0.25) is 5.02 Å². The molecule has 1 amide bonds. The number of nitrogens with one attached hydrogen (secondary N) is 1. The molecule has 2 aromatic heterocycles. The van der Waals surface area contributed by atoms with Crippen molar-refractivity contribution in [3.05, 3.63) is 70.6 Å². The third-order valence-corrected chi connectivity index (χ3v) is 3.82. The lowest BCUT2D eigenvalue weighted by atomic mass is 10.2. The topological polar surface area (TPSA) is 46.4 Å². The van der Waals surface area contributed by atoms with E-state index in [-0.39, 0.29) is 5.91 Å². The third-order valence-electron chi connectivity index (χ3n) is 3.58. The highest BCUT2D eigenvalue weighted by Gasteiger charge is 2.30. The van der Waals surface area contributed by atoms with Crippen molar-refractivity contribution in [1.82, 2.24) is 14.7 Å². The number of carbonyl (C=O) groups excluding carboxylic acids is 1. The van der Waals surface area contributed by atoms with Crippen LogP contribution in [0.3, 0.4) is 0 Å². The number of aromatic nitrogens is 2. The minimum absolute atomic E-state index is 0.273. The first-order valence-corrected chi connectivity index (χ1v) is 7.79. The first kappa shape index (κ1) is 17.3. The normalized spacial score (nSPS) is 11.7. The van der Waals surface area contributed by atoms with Gasteiger partial charge in [0.1, 0.15) is 5.65 Å². The number of benzene rings is 1. The number of alkyl halides is 3. The van der Waals surface area contributed by atoms with E-state index >= 15 is 0 Å². The van der Waals surface area contributed by atoms with E-state index < -0.39 is 11.7 Å². The lowest BCUT2D eigenvalue weighted by Crippen LogP contribution is -2.25. The Kier molecular flexibility index (Phi) is 4.67. The SMILES string of the molecule is O=C(NCCc1cn2cc(C(F)(F)F)ccc2n1)c1cccc(Cl)c1. The quantitative estimate of drug-likeness (QED) is 0.758. The molecule has 25 heavy (non-hydrogen) atoms. The molecule has 4 nitrogen and oxygen atoms in total. The number of fused-ring (bicyclic) bond motifs is 1. The summed E-state index contributed by atoms with van der Waals surface area (Å²) in [5, 5.41) is 3.19. The lowest BCUT2D eigenvalue weighted by molar-refractivity contribution is -0.137. The molecule has 0 radical (unpaired) electrons. The van der Waals surface area contributed by atoms with E-state index in [2.05, 4.69) is 10.3 Å². The summed E-state index contributed by atoms with van der Waals surface area (Å²) >= 11 is 5.84. The van der Waals surface area contributed by atoms with Crippen LogP contribution in [-0.2, 0) is 12.6 Å². The Balaban J connectivity index is 1.64. The average Bonchev–Trinajstić information content (AvgIpc) is 2.95. The number of halogens is 4. The molecule has 8 heteroatoms. The van der Waals surface area contributed by atoms with Crippen LogP contribution in [0.25, 0.3) is 5.65 Å². The third kappa shape index (κ3) is 4.11. The minimum atomic E-state index is -4.40. The maximum absolute atomic E-state index is 12.7. The Morgan fingerprint density at radius 1 is 1.20 bits per heavy atom. The Morgan fingerprint density at radius 3 is 2.72 bits per heavy atom. The van der Waals surface area contributed by atoms with Crippen molar-refractivity contribution < 1.29 is 18.0 Å². The summed E-state index contributed by atoms with van der Waals surface area (Å²) in [5.41, 5.74) is 0.713. The lowest BCUT2D eigenvalue weighted by Gasteiger charge is -2.05. The molecule has 0 aliphatic heterocycles. The van der Waals surface area contributed by atoms with Gasteiger partial charge in [-0.05, 0) is 30.3 Å². The highest BCUT2D eigenvalue weighted by molar-refractivity contribution is 6.30. The van der Waals surface area contributed by atoms with Gasteiger partial charge in [0.05, 0.1) is 11.3 Å². The maximum atomic E-state index is 12.7. The number of amides is 1. The zero-order valence-corrected chi connectivity index (χ0v) is 13.6. The van der Waals surface area contributed by atoms with Crippen LogP contribution in [0.4, 0.5) is 13.2 Å². The molecule has 2 heterocycles. The van der Waals surface area contributed by atoms with Gasteiger partial charge in [0.2, 0.25) is 0 Å². The van der Waals surface area contributed by atoms with Crippen LogP contribution in [0, 0.1) is 0 Å². The first-order valence-electron chi connectivity index (χ1n) is 7.41. The van der Waals surface area contributed by atoms with Gasteiger partial charge in [0.25, 0.3) is 5.91 Å². The zero-order valence-electron chi connectivity index (χ0n) is 12.8. The van der Waals surface area contributed by atoms with Gasteiger partial charge in [-0.1, -0.05) is 17.7 Å². The number of nitrogens with zero attached hydrogens (tertiary/aromatic N) is 2. The monoisotopic (exact) mass is 367 g/mol. The number of carbonyl (C=O) groups is 1. The van der Waals surface area contributed by atoms with E-state index in [1.807, 2.05) is 0 Å². The van der Waals surface area contributed by atoms with Crippen molar-refractivity contribution in [2.45, 2.75) is 12.6 Å². The minimum Gasteiger partial charge on any atom is -0.352 e. The second-order valence-corrected chi connectivity index (χ2v) is 5.87. The van der Waals surface area contributed by atoms with Crippen LogP contribution >= 0.6 is 11.6 Å². The Labute approximate surface area is 146 Å². The van der Waals surface area contributed by atoms with Crippen LogP contribution < -0.4 is 5.32 Å². The highest BCUT2D eigenvalue weighted by Crippen LogP contribution is 2.29. The van der Waals surface area contributed by atoms with Crippen molar-refractivity contribution in [2.75, 3.05) is 6.54 Å². The summed E-state index contributed by atoms with van der Waals surface area (Å²) in [6, 6.07) is 8.86. The number of imidazole rings is 1. The number of rotatable bonds is 4. The van der Waals surface area contributed by atoms with Gasteiger partial charge in [0, 0.05) is 35.9 Å². The Morgan fingerprint density at radius 2 is 2.00 bits per heavy atom. The molecule has 0 bridgehead atoms. The van der Waals surface area contributed by atoms with Gasteiger partial charge in [-0.3, -0.25) is 4.79 Å². The molecule has 3 aromatic rings. The van der Waals surface area contributed by atoms with Crippen molar-refractivity contribution in [2.24, 2.45) is 0 Å². The Hall–Kier alpha value is -2.54. The van der Waals surface area contributed by atoms with Crippen LogP contribution in [0.5, 0.6) is 0 Å². The summed E-state index contributed by atoms with van der Waals surface area (Å²) in [6.45, 7) is 0.307. The smallest absolute Gasteiger partial charge is 0.352 e. The predicted octanol–water partition coefficient (Wildman–Crippen LogP) is 3.98. The number of hydrogen-bond acceptors (Lipinski definition) is 2. The standard InChI is InChI=1S/C17H13ClF3N3O/c18-13-3-1-2-11(8-13)16(25)22-7-6-14-10-24-9-12(17(19,20)21)4-5-15(24)23-14/h1-5,8-10H,6-7H2,(H,22,25). The van der Waals surface area contributed by atoms with Crippen molar-refractivity contribution in [1.29, 1.82) is 0 Å². The maximum Gasteiger partial charge on any atom is 0.417 e. The van der Waals surface area contributed by atoms with E-state index in [4.69, 9.17) is 11.6 Å². The van der Waals surface area contributed by atoms with Gasteiger partial charge in [-0.25, -0.2) is 4.98 Å². The van der Waals surface area contributed by atoms with Gasteiger partial charge < -0.3 is 9.72 Å². The predicted molar refractivity (Wildman–Crippen MR) is 87.7 cm³/mol. The van der Waals surface area contributed by atoms with Crippen molar-refractivity contribution >= 4 is 23.2 Å². The number of pyridine rings is 1. The summed E-state index contributed by atoms with van der Waals surface area (Å²) < 4.78 is 39.5. The summed E-state index contributed by atoms with van der Waals surface area (Å²) in [5.74, 6) is -0.273. The van der Waals surface area contributed by atoms with E-state index in [0.717, 1.165) is 12.3 Å². The molecular formula is C17H13ClF3N3O. The average molecular weight is 368 g/mol. The molecule has 0 aliphatic rings. The van der Waals surface area contributed by atoms with Gasteiger partial charge in [-0.2, -0.15) is 13.2 Å². The van der Waals surface area contributed by atoms with Crippen LogP contribution in [0.15, 0.2) is 48.8 Å². The van der Waals surface area contributed by atoms with Crippen molar-refractivity contribution in [3.63, 3.8) is 0 Å². The Bertz CT molecular complexity index is 921. The molecular weight excluding hydrogens is 355 g/mol. The molecule has 0 spiro atoms. The van der Waals surface area contributed by atoms with Gasteiger partial charge in [0.15, 0.2) is 0 Å². The van der Waals surface area contributed by atoms with Gasteiger partial charge in [-0.15, -0.1) is 0 Å². The van der Waals surface area contributed by atoms with Gasteiger partial charge >= 0.3 is 6.18 Å². The van der Waals surface area contributed by atoms with E-state index in [1.54, 1.807) is 24.3 Å². The molecule has 1 N–H and O–H groups in total. The molecule has 0 saturated heterocycles. The van der Waals surface area contributed by atoms with E-state index in [9.17, 15) is 18.0 Å². The fourth-order valence-electron chi connectivity index (χ4n) is 2.37. The second kappa shape index (κ2) is 6.76. The fourth-order valence-corrected chi connectivity index (χ4v) is 2.56.